The van der Waals surface area contributed by atoms with Gasteiger partial charge >= 0.3 is 17.9 Å². The molecule has 0 saturated heterocycles. The molecule has 0 aliphatic heterocycles. The van der Waals surface area contributed by atoms with Crippen molar-refractivity contribution in [2.75, 3.05) is 13.2 Å². The Labute approximate surface area is 445 Å². The van der Waals surface area contributed by atoms with Gasteiger partial charge in [-0.1, -0.05) is 266 Å². The van der Waals surface area contributed by atoms with Crippen LogP contribution >= 0.6 is 0 Å². The van der Waals surface area contributed by atoms with Crippen LogP contribution < -0.4 is 0 Å². The summed E-state index contributed by atoms with van der Waals surface area (Å²) >= 11 is 0. The highest BCUT2D eigenvalue weighted by Crippen LogP contribution is 2.16. The summed E-state index contributed by atoms with van der Waals surface area (Å²) in [4.78, 5) is 38.3. The van der Waals surface area contributed by atoms with Crippen molar-refractivity contribution >= 4 is 17.9 Å². The van der Waals surface area contributed by atoms with Crippen LogP contribution in [-0.2, 0) is 28.6 Å². The fourth-order valence-corrected chi connectivity index (χ4v) is 8.37. The summed E-state index contributed by atoms with van der Waals surface area (Å²) in [5.41, 5.74) is 0. The zero-order valence-electron chi connectivity index (χ0n) is 47.2. The molecular weight excluding hydrogens is 889 g/mol. The van der Waals surface area contributed by atoms with Crippen LogP contribution in [0.3, 0.4) is 0 Å². The topological polar surface area (TPSA) is 78.9 Å². The van der Waals surface area contributed by atoms with E-state index in [-0.39, 0.29) is 31.1 Å². The molecule has 0 spiro atoms. The van der Waals surface area contributed by atoms with Crippen molar-refractivity contribution in [1.29, 1.82) is 0 Å². The van der Waals surface area contributed by atoms with Crippen LogP contribution in [0.5, 0.6) is 0 Å². The molecular formula is C66H112O6. The summed E-state index contributed by atoms with van der Waals surface area (Å²) in [5, 5.41) is 0. The lowest BCUT2D eigenvalue weighted by Gasteiger charge is -2.18. The van der Waals surface area contributed by atoms with Gasteiger partial charge in [-0.15, -0.1) is 0 Å². The van der Waals surface area contributed by atoms with Gasteiger partial charge in [-0.3, -0.25) is 14.4 Å². The third-order valence-electron chi connectivity index (χ3n) is 12.8. The van der Waals surface area contributed by atoms with E-state index in [2.05, 4.69) is 118 Å². The molecule has 0 bridgehead atoms. The van der Waals surface area contributed by atoms with E-state index in [1.165, 1.54) is 116 Å². The Hall–Kier alpha value is -3.67. The van der Waals surface area contributed by atoms with E-state index in [4.69, 9.17) is 14.2 Å². The molecule has 6 heteroatoms. The second-order valence-corrected chi connectivity index (χ2v) is 19.9. The van der Waals surface area contributed by atoms with Gasteiger partial charge in [0.05, 0.1) is 0 Å². The van der Waals surface area contributed by atoms with Gasteiger partial charge in [-0.05, 0) is 96.3 Å². The van der Waals surface area contributed by atoms with Crippen LogP contribution in [0.25, 0.3) is 0 Å². The Morgan fingerprint density at radius 2 is 0.542 bits per heavy atom. The summed E-state index contributed by atoms with van der Waals surface area (Å²) in [6.45, 7) is 6.40. The van der Waals surface area contributed by atoms with Gasteiger partial charge in [0, 0.05) is 19.3 Å². The molecule has 0 heterocycles. The van der Waals surface area contributed by atoms with Crippen LogP contribution in [0.15, 0.2) is 97.2 Å². The molecule has 0 rings (SSSR count). The maximum absolute atomic E-state index is 12.9. The lowest BCUT2D eigenvalue weighted by molar-refractivity contribution is -0.167. The summed E-state index contributed by atoms with van der Waals surface area (Å²) in [6, 6.07) is 0. The molecule has 0 N–H and O–H groups in total. The number of rotatable bonds is 54. The second-order valence-electron chi connectivity index (χ2n) is 19.9. The Balaban J connectivity index is 4.44. The van der Waals surface area contributed by atoms with Crippen molar-refractivity contribution in [3.05, 3.63) is 97.2 Å². The Morgan fingerprint density at radius 3 is 0.861 bits per heavy atom. The maximum atomic E-state index is 12.9. The van der Waals surface area contributed by atoms with Gasteiger partial charge in [0.15, 0.2) is 6.10 Å². The summed E-state index contributed by atoms with van der Waals surface area (Å²) in [6.07, 6.45) is 79.7. The molecule has 0 aromatic rings. The number of allylic oxidation sites excluding steroid dienone is 16. The Morgan fingerprint density at radius 1 is 0.292 bits per heavy atom. The maximum Gasteiger partial charge on any atom is 0.306 e. The van der Waals surface area contributed by atoms with E-state index in [9.17, 15) is 14.4 Å². The Bertz CT molecular complexity index is 1430. The minimum atomic E-state index is -0.797. The number of hydrogen-bond donors (Lipinski definition) is 0. The highest BCUT2D eigenvalue weighted by atomic mass is 16.6. The zero-order valence-corrected chi connectivity index (χ0v) is 47.2. The number of unbranched alkanes of at least 4 members (excludes halogenated alkanes) is 27. The van der Waals surface area contributed by atoms with Gasteiger partial charge in [0.2, 0.25) is 0 Å². The first-order valence-electron chi connectivity index (χ1n) is 30.2. The SMILES string of the molecule is CC/C=C\C/C=C\C/C=C\C/C=C\CCCCCCCCC(=O)OCC(COC(=O)CCCCC/C=C\C/C=C\C/C=C\C/C=C\CC)OC(=O)CCCCCCCCCCCCCCCCCCCCC. The second kappa shape index (κ2) is 59.9. The zero-order chi connectivity index (χ0) is 52.2. The van der Waals surface area contributed by atoms with E-state index in [0.717, 1.165) is 128 Å². The third kappa shape index (κ3) is 57.2. The van der Waals surface area contributed by atoms with Crippen LogP contribution in [-0.4, -0.2) is 37.2 Å². The standard InChI is InChI=1S/C66H112O6/c1-4-7-10-13-16-19-22-25-28-31-33-35-38-41-44-47-50-53-56-59-65(68)71-62-63(61-70-64(67)58-55-52-49-46-43-40-37-30-27-24-21-18-15-12-9-6-3)72-66(69)60-57-54-51-48-45-42-39-36-34-32-29-26-23-20-17-14-11-8-5-2/h7,9-10,12,16,18-19,21,25,27-28,30,33,35,40,43,63H,4-6,8,11,13-15,17,20,22-24,26,29,31-32,34,36-39,41-42,44-62H2,1-3H3/b10-7-,12-9-,19-16-,21-18-,28-25-,30-27-,35-33-,43-40-. The fourth-order valence-electron chi connectivity index (χ4n) is 8.37. The largest absolute Gasteiger partial charge is 0.462 e. The molecule has 72 heavy (non-hydrogen) atoms. The molecule has 412 valence electrons. The molecule has 0 amide bonds. The van der Waals surface area contributed by atoms with E-state index in [1.807, 2.05) is 0 Å². The lowest BCUT2D eigenvalue weighted by Crippen LogP contribution is -2.30. The number of esters is 3. The molecule has 1 unspecified atom stereocenters. The van der Waals surface area contributed by atoms with E-state index in [1.54, 1.807) is 0 Å². The van der Waals surface area contributed by atoms with Crippen LogP contribution in [0.1, 0.15) is 284 Å². The van der Waals surface area contributed by atoms with Gasteiger partial charge in [-0.2, -0.15) is 0 Å². The first kappa shape index (κ1) is 68.3. The van der Waals surface area contributed by atoms with Crippen molar-refractivity contribution in [2.24, 2.45) is 0 Å². The number of carbonyl (C=O) groups excluding carboxylic acids is 3. The first-order chi connectivity index (χ1) is 35.5. The molecule has 6 nitrogen and oxygen atoms in total. The average molecular weight is 1000 g/mol. The number of hydrogen-bond acceptors (Lipinski definition) is 6. The van der Waals surface area contributed by atoms with E-state index >= 15 is 0 Å². The predicted octanol–water partition coefficient (Wildman–Crippen LogP) is 20.5. The lowest BCUT2D eigenvalue weighted by atomic mass is 10.0. The molecule has 0 aromatic carbocycles. The highest BCUT2D eigenvalue weighted by molar-refractivity contribution is 5.71. The number of ether oxygens (including phenoxy) is 3. The van der Waals surface area contributed by atoms with Gasteiger partial charge in [-0.25, -0.2) is 0 Å². The minimum Gasteiger partial charge on any atom is -0.462 e. The minimum absolute atomic E-state index is 0.0940. The molecule has 0 fully saturated rings. The Kier molecular flexibility index (Phi) is 56.8. The summed E-state index contributed by atoms with van der Waals surface area (Å²) in [7, 11) is 0. The van der Waals surface area contributed by atoms with Gasteiger partial charge in [0.1, 0.15) is 13.2 Å². The van der Waals surface area contributed by atoms with E-state index in [0.29, 0.717) is 19.3 Å². The highest BCUT2D eigenvalue weighted by Gasteiger charge is 2.19. The predicted molar refractivity (Wildman–Crippen MR) is 311 cm³/mol. The van der Waals surface area contributed by atoms with Gasteiger partial charge in [0.25, 0.3) is 0 Å². The third-order valence-corrected chi connectivity index (χ3v) is 12.8. The molecule has 0 radical (unpaired) electrons. The van der Waals surface area contributed by atoms with Crippen LogP contribution in [0.4, 0.5) is 0 Å². The summed E-state index contributed by atoms with van der Waals surface area (Å²) < 4.78 is 16.9. The average Bonchev–Trinajstić information content (AvgIpc) is 3.38. The van der Waals surface area contributed by atoms with Crippen molar-refractivity contribution in [1.82, 2.24) is 0 Å². The molecule has 0 aliphatic carbocycles. The van der Waals surface area contributed by atoms with Crippen LogP contribution in [0, 0.1) is 0 Å². The fraction of sp³-hybridized carbons (Fsp3) is 0.712. The van der Waals surface area contributed by atoms with Crippen LogP contribution in [0.2, 0.25) is 0 Å². The van der Waals surface area contributed by atoms with Gasteiger partial charge < -0.3 is 14.2 Å². The first-order valence-corrected chi connectivity index (χ1v) is 30.2. The molecule has 0 aromatic heterocycles. The monoisotopic (exact) mass is 1000 g/mol. The van der Waals surface area contributed by atoms with E-state index < -0.39 is 6.10 Å². The molecule has 0 saturated carbocycles. The number of carbonyl (C=O) groups is 3. The summed E-state index contributed by atoms with van der Waals surface area (Å²) in [5.74, 6) is -0.929. The van der Waals surface area contributed by atoms with Crippen molar-refractivity contribution < 1.29 is 28.6 Å². The molecule has 0 aliphatic rings. The quantitative estimate of drug-likeness (QED) is 0.0261. The normalized spacial score (nSPS) is 12.8. The van der Waals surface area contributed by atoms with Crippen molar-refractivity contribution in [2.45, 2.75) is 290 Å². The molecule has 1 atom stereocenters. The van der Waals surface area contributed by atoms with Crippen molar-refractivity contribution in [3.63, 3.8) is 0 Å². The van der Waals surface area contributed by atoms with Crippen molar-refractivity contribution in [3.8, 4) is 0 Å². The smallest absolute Gasteiger partial charge is 0.306 e.